The van der Waals surface area contributed by atoms with Gasteiger partial charge in [0.05, 0.1) is 23.8 Å². The normalized spacial score (nSPS) is 11.2. The van der Waals surface area contributed by atoms with Gasteiger partial charge in [-0.1, -0.05) is 23.9 Å². The maximum absolute atomic E-state index is 12.3. The van der Waals surface area contributed by atoms with Crippen molar-refractivity contribution in [3.8, 4) is 17.2 Å². The number of H-pyrrole nitrogens is 1. The highest BCUT2D eigenvalue weighted by Gasteiger charge is 2.15. The molecule has 0 amide bonds. The molecule has 138 valence electrons. The number of rotatable bonds is 5. The zero-order chi connectivity index (χ0) is 19.0. The van der Waals surface area contributed by atoms with Gasteiger partial charge in [0.2, 0.25) is 0 Å². The Hall–Kier alpha value is -2.65. The summed E-state index contributed by atoms with van der Waals surface area (Å²) in [6, 6.07) is 7.45. The minimum Gasteiger partial charge on any atom is -0.496 e. The van der Waals surface area contributed by atoms with E-state index in [9.17, 15) is 4.79 Å². The molecule has 3 heterocycles. The third-order valence-electron chi connectivity index (χ3n) is 4.16. The first-order valence-electron chi connectivity index (χ1n) is 8.15. The first-order chi connectivity index (χ1) is 13.1. The molecule has 0 radical (unpaired) electrons. The SMILES string of the molecule is COc1ccccc1-c1nnc(SCc2nc3sc(C)c(C)c3c(=O)[nH]2)o1. The highest BCUT2D eigenvalue weighted by Crippen LogP contribution is 2.31. The number of ether oxygens (including phenoxy) is 1. The number of para-hydroxylation sites is 1. The topological polar surface area (TPSA) is 93.9 Å². The number of methoxy groups -OCH3 is 1. The fourth-order valence-electron chi connectivity index (χ4n) is 2.70. The molecule has 1 aromatic carbocycles. The molecule has 27 heavy (non-hydrogen) atoms. The minimum atomic E-state index is -0.113. The number of nitrogens with zero attached hydrogens (tertiary/aromatic N) is 3. The Morgan fingerprint density at radius 2 is 2.07 bits per heavy atom. The summed E-state index contributed by atoms with van der Waals surface area (Å²) in [6.45, 7) is 3.94. The molecule has 9 heteroatoms. The summed E-state index contributed by atoms with van der Waals surface area (Å²) >= 11 is 2.85. The molecule has 0 saturated carbocycles. The number of fused-ring (bicyclic) bond motifs is 1. The lowest BCUT2D eigenvalue weighted by molar-refractivity contribution is 0.411. The zero-order valence-corrected chi connectivity index (χ0v) is 16.5. The van der Waals surface area contributed by atoms with E-state index in [0.717, 1.165) is 20.8 Å². The fourth-order valence-corrected chi connectivity index (χ4v) is 4.38. The van der Waals surface area contributed by atoms with Crippen molar-refractivity contribution in [2.75, 3.05) is 7.11 Å². The van der Waals surface area contributed by atoms with Crippen LogP contribution in [0.3, 0.4) is 0 Å². The Labute approximate surface area is 162 Å². The van der Waals surface area contributed by atoms with Crippen LogP contribution in [0, 0.1) is 13.8 Å². The summed E-state index contributed by atoms with van der Waals surface area (Å²) in [6.07, 6.45) is 0. The second-order valence-corrected chi connectivity index (χ2v) is 7.97. The summed E-state index contributed by atoms with van der Waals surface area (Å²) < 4.78 is 11.0. The first kappa shape index (κ1) is 17.7. The smallest absolute Gasteiger partial charge is 0.277 e. The Bertz CT molecular complexity index is 1180. The second kappa shape index (κ2) is 7.16. The highest BCUT2D eigenvalue weighted by molar-refractivity contribution is 7.98. The van der Waals surface area contributed by atoms with E-state index in [0.29, 0.717) is 33.8 Å². The summed E-state index contributed by atoms with van der Waals surface area (Å²) in [5.41, 5.74) is 1.61. The maximum atomic E-state index is 12.3. The van der Waals surface area contributed by atoms with Crippen molar-refractivity contribution >= 4 is 33.3 Å². The fraction of sp³-hybridized carbons (Fsp3) is 0.222. The number of hydrogen-bond acceptors (Lipinski definition) is 8. The van der Waals surface area contributed by atoms with Crippen LogP contribution in [0.1, 0.15) is 16.3 Å². The lowest BCUT2D eigenvalue weighted by atomic mass is 10.2. The lowest BCUT2D eigenvalue weighted by Gasteiger charge is -2.03. The van der Waals surface area contributed by atoms with Crippen LogP contribution >= 0.6 is 23.1 Å². The van der Waals surface area contributed by atoms with E-state index < -0.39 is 0 Å². The van der Waals surface area contributed by atoms with Crippen LogP contribution in [0.15, 0.2) is 38.7 Å². The lowest BCUT2D eigenvalue weighted by Crippen LogP contribution is -2.10. The van der Waals surface area contributed by atoms with Gasteiger partial charge in [-0.3, -0.25) is 4.79 Å². The van der Waals surface area contributed by atoms with Crippen LogP contribution in [-0.2, 0) is 5.75 Å². The molecule has 0 unspecified atom stereocenters. The molecule has 0 spiro atoms. The maximum Gasteiger partial charge on any atom is 0.277 e. The third kappa shape index (κ3) is 3.35. The van der Waals surface area contributed by atoms with Gasteiger partial charge in [-0.2, -0.15) is 0 Å². The van der Waals surface area contributed by atoms with Crippen molar-refractivity contribution in [2.24, 2.45) is 0 Å². The molecule has 0 aliphatic carbocycles. The number of thioether (sulfide) groups is 1. The Kier molecular flexibility index (Phi) is 4.71. The largest absolute Gasteiger partial charge is 0.496 e. The molecule has 1 N–H and O–H groups in total. The number of aromatic amines is 1. The molecule has 0 bridgehead atoms. The molecule has 4 rings (SSSR count). The molecule has 7 nitrogen and oxygen atoms in total. The van der Waals surface area contributed by atoms with Gasteiger partial charge in [-0.25, -0.2) is 4.98 Å². The van der Waals surface area contributed by atoms with Crippen molar-refractivity contribution in [2.45, 2.75) is 24.8 Å². The number of hydrogen-bond donors (Lipinski definition) is 1. The van der Waals surface area contributed by atoms with Crippen LogP contribution in [0.25, 0.3) is 21.7 Å². The van der Waals surface area contributed by atoms with Crippen LogP contribution in [0.2, 0.25) is 0 Å². The van der Waals surface area contributed by atoms with Gasteiger partial charge in [0.1, 0.15) is 16.4 Å². The number of nitrogens with one attached hydrogen (secondary N) is 1. The third-order valence-corrected chi connectivity index (χ3v) is 6.10. The highest BCUT2D eigenvalue weighted by atomic mass is 32.2. The van der Waals surface area contributed by atoms with E-state index in [1.54, 1.807) is 7.11 Å². The predicted octanol–water partition coefficient (Wildman–Crippen LogP) is 3.95. The van der Waals surface area contributed by atoms with Crippen molar-refractivity contribution in [1.29, 1.82) is 0 Å². The molecule has 0 atom stereocenters. The number of benzene rings is 1. The standard InChI is InChI=1S/C18H16N4O3S2/c1-9-10(2)27-17-14(9)15(23)19-13(20-17)8-26-18-22-21-16(25-18)11-6-4-5-7-12(11)24-3/h4-7H,8H2,1-3H3,(H,19,20,23). The molecule has 0 fully saturated rings. The van der Waals surface area contributed by atoms with Crippen LogP contribution in [0.5, 0.6) is 5.75 Å². The van der Waals surface area contributed by atoms with Gasteiger partial charge in [-0.05, 0) is 31.5 Å². The second-order valence-electron chi connectivity index (χ2n) is 5.84. The molecule has 4 aromatic rings. The van der Waals surface area contributed by atoms with Gasteiger partial charge in [0, 0.05) is 4.88 Å². The summed E-state index contributed by atoms with van der Waals surface area (Å²) in [7, 11) is 1.59. The molecular formula is C18H16N4O3S2. The number of thiophene rings is 1. The summed E-state index contributed by atoms with van der Waals surface area (Å²) in [4.78, 5) is 21.6. The van der Waals surface area contributed by atoms with E-state index in [1.165, 1.54) is 23.1 Å². The molecule has 0 saturated heterocycles. The Morgan fingerprint density at radius 1 is 1.26 bits per heavy atom. The summed E-state index contributed by atoms with van der Waals surface area (Å²) in [5.74, 6) is 2.05. The predicted molar refractivity (Wildman–Crippen MR) is 106 cm³/mol. The number of aromatic nitrogens is 4. The van der Waals surface area contributed by atoms with Crippen molar-refractivity contribution in [1.82, 2.24) is 20.2 Å². The molecule has 3 aromatic heterocycles. The van der Waals surface area contributed by atoms with E-state index in [-0.39, 0.29) is 5.56 Å². The van der Waals surface area contributed by atoms with Gasteiger partial charge < -0.3 is 14.1 Å². The van der Waals surface area contributed by atoms with Gasteiger partial charge in [0.25, 0.3) is 16.7 Å². The van der Waals surface area contributed by atoms with E-state index >= 15 is 0 Å². The quantitative estimate of drug-likeness (QED) is 0.507. The van der Waals surface area contributed by atoms with E-state index in [2.05, 4.69) is 20.2 Å². The average molecular weight is 400 g/mol. The molecule has 0 aliphatic rings. The van der Waals surface area contributed by atoms with Gasteiger partial charge in [-0.15, -0.1) is 21.5 Å². The van der Waals surface area contributed by atoms with E-state index in [4.69, 9.17) is 9.15 Å². The minimum absolute atomic E-state index is 0.113. The van der Waals surface area contributed by atoms with Crippen LogP contribution in [-0.4, -0.2) is 27.3 Å². The van der Waals surface area contributed by atoms with E-state index in [1.807, 2.05) is 38.1 Å². The molecule has 0 aliphatic heterocycles. The monoisotopic (exact) mass is 400 g/mol. The summed E-state index contributed by atoms with van der Waals surface area (Å²) in [5, 5.41) is 9.21. The van der Waals surface area contributed by atoms with Gasteiger partial charge >= 0.3 is 0 Å². The van der Waals surface area contributed by atoms with Crippen molar-refractivity contribution in [3.63, 3.8) is 0 Å². The zero-order valence-electron chi connectivity index (χ0n) is 14.9. The van der Waals surface area contributed by atoms with Crippen molar-refractivity contribution in [3.05, 3.63) is 50.9 Å². The molecular weight excluding hydrogens is 384 g/mol. The van der Waals surface area contributed by atoms with Crippen LogP contribution in [0.4, 0.5) is 0 Å². The Balaban J connectivity index is 1.55. The average Bonchev–Trinajstić information content (AvgIpc) is 3.25. The number of aryl methyl sites for hydroxylation is 2. The van der Waals surface area contributed by atoms with Gasteiger partial charge in [0.15, 0.2) is 0 Å². The first-order valence-corrected chi connectivity index (χ1v) is 9.95. The van der Waals surface area contributed by atoms with Crippen molar-refractivity contribution < 1.29 is 9.15 Å². The van der Waals surface area contributed by atoms with Crippen LogP contribution < -0.4 is 10.3 Å². The Morgan fingerprint density at radius 3 is 2.89 bits per heavy atom.